The number of ether oxygens (including phenoxy) is 1. The molecule has 0 aromatic heterocycles. The number of hydrogen-bond donors (Lipinski definition) is 1. The lowest BCUT2D eigenvalue weighted by molar-refractivity contribution is -0.156. The summed E-state index contributed by atoms with van der Waals surface area (Å²) in [6.45, 7) is 4.25. The molecule has 13 heavy (non-hydrogen) atoms. The van der Waals surface area contributed by atoms with Gasteiger partial charge in [0, 0.05) is 32.6 Å². The number of hydrogen-bond acceptors (Lipinski definition) is 3. The van der Waals surface area contributed by atoms with Crippen LogP contribution in [0.4, 0.5) is 0 Å². The van der Waals surface area contributed by atoms with Gasteiger partial charge in [-0.2, -0.15) is 0 Å². The van der Waals surface area contributed by atoms with Crippen LogP contribution in [0.25, 0.3) is 0 Å². The van der Waals surface area contributed by atoms with Crippen molar-refractivity contribution in [3.8, 4) is 0 Å². The normalized spacial score (nSPS) is 27.4. The summed E-state index contributed by atoms with van der Waals surface area (Å²) in [4.78, 5) is 13.4. The van der Waals surface area contributed by atoms with E-state index in [1.807, 2.05) is 4.90 Å². The van der Waals surface area contributed by atoms with Gasteiger partial charge >= 0.3 is 0 Å². The molecule has 2 rings (SSSR count). The molecule has 2 fully saturated rings. The number of rotatable bonds is 1. The van der Waals surface area contributed by atoms with E-state index in [-0.39, 0.29) is 24.4 Å². The summed E-state index contributed by atoms with van der Waals surface area (Å²) in [6, 6.07) is 0. The molecule has 1 N–H and O–H groups in total. The minimum Gasteiger partial charge on any atom is -0.368 e. The van der Waals surface area contributed by atoms with Crippen molar-refractivity contribution in [2.45, 2.75) is 12.5 Å². The van der Waals surface area contributed by atoms with Gasteiger partial charge in [-0.25, -0.2) is 0 Å². The summed E-state index contributed by atoms with van der Waals surface area (Å²) in [5.41, 5.74) is 0. The first-order valence-corrected chi connectivity index (χ1v) is 4.49. The molecule has 5 heteroatoms. The maximum absolute atomic E-state index is 11.6. The van der Waals surface area contributed by atoms with Crippen LogP contribution < -0.4 is 5.32 Å². The van der Waals surface area contributed by atoms with E-state index >= 15 is 0 Å². The Morgan fingerprint density at radius 1 is 1.38 bits per heavy atom. The molecule has 0 aromatic rings. The summed E-state index contributed by atoms with van der Waals surface area (Å²) < 4.78 is 5.13. The lowest BCUT2D eigenvalue weighted by Crippen LogP contribution is -2.52. The van der Waals surface area contributed by atoms with Crippen molar-refractivity contribution in [3.63, 3.8) is 0 Å². The van der Waals surface area contributed by atoms with Crippen molar-refractivity contribution < 1.29 is 9.53 Å². The Balaban J connectivity index is 0.000000845. The number of nitrogens with zero attached hydrogens (tertiary/aromatic N) is 1. The van der Waals surface area contributed by atoms with Crippen LogP contribution in [0.1, 0.15) is 6.42 Å². The molecule has 0 radical (unpaired) electrons. The topological polar surface area (TPSA) is 41.6 Å². The number of carbonyl (C=O) groups excluding carboxylic acids is 1. The first-order chi connectivity index (χ1) is 5.88. The van der Waals surface area contributed by atoms with Gasteiger partial charge in [0.05, 0.1) is 6.61 Å². The van der Waals surface area contributed by atoms with Crippen molar-refractivity contribution in [2.75, 3.05) is 32.8 Å². The zero-order chi connectivity index (χ0) is 8.39. The van der Waals surface area contributed by atoms with Gasteiger partial charge in [-0.1, -0.05) is 0 Å². The van der Waals surface area contributed by atoms with Crippen LogP contribution in [0.2, 0.25) is 0 Å². The molecule has 4 nitrogen and oxygen atoms in total. The van der Waals surface area contributed by atoms with Crippen LogP contribution >= 0.6 is 12.4 Å². The molecule has 2 aliphatic heterocycles. The molecule has 0 aromatic carbocycles. The molecule has 0 spiro atoms. The Hall–Kier alpha value is -0.320. The highest BCUT2D eigenvalue weighted by Gasteiger charge is 2.30. The van der Waals surface area contributed by atoms with Crippen LogP contribution in [-0.2, 0) is 9.53 Å². The zero-order valence-corrected chi connectivity index (χ0v) is 8.31. The van der Waals surface area contributed by atoms with E-state index in [4.69, 9.17) is 4.74 Å². The summed E-state index contributed by atoms with van der Waals surface area (Å²) in [5, 5.41) is 3.21. The quantitative estimate of drug-likeness (QED) is 0.637. The number of carbonyl (C=O) groups is 1. The van der Waals surface area contributed by atoms with Gasteiger partial charge in [0.1, 0.15) is 6.10 Å². The number of piperazine rings is 1. The second-order valence-electron chi connectivity index (χ2n) is 3.22. The van der Waals surface area contributed by atoms with E-state index in [2.05, 4.69) is 5.32 Å². The van der Waals surface area contributed by atoms with Crippen LogP contribution in [0.15, 0.2) is 0 Å². The molecule has 0 bridgehead atoms. The first-order valence-electron chi connectivity index (χ1n) is 4.49. The van der Waals surface area contributed by atoms with Gasteiger partial charge in [-0.15, -0.1) is 12.4 Å². The van der Waals surface area contributed by atoms with Gasteiger partial charge in [-0.05, 0) is 0 Å². The fourth-order valence-electron chi connectivity index (χ4n) is 1.52. The van der Waals surface area contributed by atoms with E-state index in [1.165, 1.54) is 0 Å². The predicted molar refractivity (Wildman–Crippen MR) is 51.1 cm³/mol. The standard InChI is InChI=1S/C8H14N2O2.ClH/c11-8(7-1-6-12-7)10-4-2-9-3-5-10;/h7,9H,1-6H2;1H. The third-order valence-electron chi connectivity index (χ3n) is 2.40. The molecular weight excluding hydrogens is 192 g/mol. The largest absolute Gasteiger partial charge is 0.368 e. The molecule has 76 valence electrons. The van der Waals surface area contributed by atoms with E-state index in [1.54, 1.807) is 0 Å². The lowest BCUT2D eigenvalue weighted by atomic mass is 10.1. The van der Waals surface area contributed by atoms with Gasteiger partial charge in [-0.3, -0.25) is 4.79 Å². The fourth-order valence-corrected chi connectivity index (χ4v) is 1.52. The van der Waals surface area contributed by atoms with E-state index in [9.17, 15) is 4.79 Å². The number of amides is 1. The second-order valence-corrected chi connectivity index (χ2v) is 3.22. The highest BCUT2D eigenvalue weighted by molar-refractivity contribution is 5.85. The summed E-state index contributed by atoms with van der Waals surface area (Å²) in [7, 11) is 0. The summed E-state index contributed by atoms with van der Waals surface area (Å²) in [5.74, 6) is 0.183. The molecule has 1 unspecified atom stereocenters. The van der Waals surface area contributed by atoms with E-state index in [0.717, 1.165) is 39.2 Å². The van der Waals surface area contributed by atoms with Gasteiger partial charge < -0.3 is 15.0 Å². The van der Waals surface area contributed by atoms with Gasteiger partial charge in [0.15, 0.2) is 0 Å². The molecule has 2 heterocycles. The van der Waals surface area contributed by atoms with Crippen LogP contribution in [0.5, 0.6) is 0 Å². The predicted octanol–water partition coefficient (Wildman–Crippen LogP) is -0.371. The average molecular weight is 207 g/mol. The number of halogens is 1. The third kappa shape index (κ3) is 2.33. The summed E-state index contributed by atoms with van der Waals surface area (Å²) in [6.07, 6.45) is 0.783. The average Bonchev–Trinajstić information content (AvgIpc) is 2.03. The Morgan fingerprint density at radius 2 is 2.00 bits per heavy atom. The van der Waals surface area contributed by atoms with Crippen molar-refractivity contribution in [3.05, 3.63) is 0 Å². The molecule has 2 aliphatic rings. The van der Waals surface area contributed by atoms with Crippen molar-refractivity contribution in [1.29, 1.82) is 0 Å². The Kier molecular flexibility index (Phi) is 3.96. The Bertz CT molecular complexity index is 179. The minimum absolute atomic E-state index is 0. The molecule has 0 aliphatic carbocycles. The van der Waals surface area contributed by atoms with Gasteiger partial charge in [0.2, 0.25) is 0 Å². The SMILES string of the molecule is Cl.O=C(C1CCO1)N1CCNCC1. The molecular formula is C8H15ClN2O2. The van der Waals surface area contributed by atoms with Crippen molar-refractivity contribution in [1.82, 2.24) is 10.2 Å². The number of nitrogens with one attached hydrogen (secondary N) is 1. The minimum atomic E-state index is -0.122. The maximum Gasteiger partial charge on any atom is 0.251 e. The highest BCUT2D eigenvalue weighted by Crippen LogP contribution is 2.14. The zero-order valence-electron chi connectivity index (χ0n) is 7.49. The Morgan fingerprint density at radius 3 is 2.46 bits per heavy atom. The molecule has 2 saturated heterocycles. The van der Waals surface area contributed by atoms with E-state index < -0.39 is 0 Å². The Labute approximate surface area is 84.0 Å². The maximum atomic E-state index is 11.6. The monoisotopic (exact) mass is 206 g/mol. The van der Waals surface area contributed by atoms with E-state index in [0.29, 0.717) is 0 Å². The second kappa shape index (κ2) is 4.79. The fraction of sp³-hybridized carbons (Fsp3) is 0.875. The van der Waals surface area contributed by atoms with Crippen LogP contribution in [-0.4, -0.2) is 49.7 Å². The van der Waals surface area contributed by atoms with Crippen molar-refractivity contribution in [2.24, 2.45) is 0 Å². The van der Waals surface area contributed by atoms with Crippen molar-refractivity contribution >= 4 is 18.3 Å². The van der Waals surface area contributed by atoms with Crippen LogP contribution in [0.3, 0.4) is 0 Å². The third-order valence-corrected chi connectivity index (χ3v) is 2.40. The van der Waals surface area contributed by atoms with Crippen LogP contribution in [0, 0.1) is 0 Å². The summed E-state index contributed by atoms with van der Waals surface area (Å²) >= 11 is 0. The van der Waals surface area contributed by atoms with Gasteiger partial charge in [0.25, 0.3) is 5.91 Å². The molecule has 0 saturated carbocycles. The highest BCUT2D eigenvalue weighted by atomic mass is 35.5. The smallest absolute Gasteiger partial charge is 0.251 e. The lowest BCUT2D eigenvalue weighted by Gasteiger charge is -2.34. The first kappa shape index (κ1) is 10.8. The molecule has 1 amide bonds. The molecule has 1 atom stereocenters.